The van der Waals surface area contributed by atoms with E-state index in [9.17, 15) is 18.0 Å². The van der Waals surface area contributed by atoms with Crippen molar-refractivity contribution in [1.82, 2.24) is 9.80 Å². The van der Waals surface area contributed by atoms with E-state index in [-0.39, 0.29) is 23.3 Å². The van der Waals surface area contributed by atoms with Crippen LogP contribution in [0.2, 0.25) is 0 Å². The molecule has 0 aliphatic heterocycles. The van der Waals surface area contributed by atoms with Crippen LogP contribution in [-0.4, -0.2) is 64.8 Å². The second-order valence-corrected chi connectivity index (χ2v) is 8.25. The zero-order valence-corrected chi connectivity index (χ0v) is 16.6. The smallest absolute Gasteiger partial charge is 0.264 e. The fraction of sp³-hybridized carbons (Fsp3) is 0.263. The van der Waals surface area contributed by atoms with Gasteiger partial charge in [-0.05, 0) is 36.4 Å². The molecule has 2 aromatic carbocycles. The zero-order chi connectivity index (χ0) is 20.2. The van der Waals surface area contributed by atoms with Crippen LogP contribution >= 0.6 is 0 Å². The van der Waals surface area contributed by atoms with Gasteiger partial charge in [0.2, 0.25) is 5.91 Å². The molecule has 2 amide bonds. The molecule has 27 heavy (non-hydrogen) atoms. The molecule has 2 aromatic rings. The van der Waals surface area contributed by atoms with Crippen LogP contribution in [0.3, 0.4) is 0 Å². The summed E-state index contributed by atoms with van der Waals surface area (Å²) in [5.74, 6) is -0.555. The van der Waals surface area contributed by atoms with E-state index < -0.39 is 10.0 Å². The maximum Gasteiger partial charge on any atom is 0.264 e. The van der Waals surface area contributed by atoms with E-state index in [4.69, 9.17) is 0 Å². The van der Waals surface area contributed by atoms with E-state index in [0.717, 1.165) is 0 Å². The van der Waals surface area contributed by atoms with Crippen molar-refractivity contribution < 1.29 is 18.0 Å². The predicted molar refractivity (Wildman–Crippen MR) is 104 cm³/mol. The molecular weight excluding hydrogens is 366 g/mol. The number of para-hydroxylation sites is 1. The minimum Gasteiger partial charge on any atom is -0.347 e. The molecular formula is C19H23N3O4S. The third kappa shape index (κ3) is 4.65. The molecule has 0 aliphatic carbocycles. The molecule has 7 nitrogen and oxygen atoms in total. The zero-order valence-electron chi connectivity index (χ0n) is 15.8. The lowest BCUT2D eigenvalue weighted by atomic mass is 10.2. The Morgan fingerprint density at radius 1 is 0.852 bits per heavy atom. The number of rotatable bonds is 6. The Morgan fingerprint density at radius 2 is 1.41 bits per heavy atom. The first-order valence-electron chi connectivity index (χ1n) is 8.24. The molecule has 0 aromatic heterocycles. The number of sulfonamides is 1. The second-order valence-electron chi connectivity index (χ2n) is 6.28. The highest BCUT2D eigenvalue weighted by Crippen LogP contribution is 2.22. The maximum absolute atomic E-state index is 12.7. The van der Waals surface area contributed by atoms with Crippen molar-refractivity contribution in [3.05, 3.63) is 60.2 Å². The quantitative estimate of drug-likeness (QED) is 0.753. The molecule has 0 aliphatic rings. The van der Waals surface area contributed by atoms with Crippen LogP contribution in [-0.2, 0) is 14.8 Å². The van der Waals surface area contributed by atoms with Gasteiger partial charge in [-0.1, -0.05) is 18.2 Å². The van der Waals surface area contributed by atoms with Crippen LogP contribution in [0.1, 0.15) is 10.4 Å². The second kappa shape index (κ2) is 8.22. The minimum absolute atomic E-state index is 0.0529. The lowest BCUT2D eigenvalue weighted by Gasteiger charge is -2.21. The van der Waals surface area contributed by atoms with E-state index >= 15 is 0 Å². The number of nitrogens with zero attached hydrogens (tertiary/aromatic N) is 3. The Labute approximate surface area is 159 Å². The molecule has 0 bridgehead atoms. The number of amides is 2. The van der Waals surface area contributed by atoms with Gasteiger partial charge in [-0.15, -0.1) is 0 Å². The van der Waals surface area contributed by atoms with Crippen LogP contribution < -0.4 is 4.31 Å². The molecule has 0 saturated carbocycles. The number of hydrogen-bond donors (Lipinski definition) is 0. The van der Waals surface area contributed by atoms with Crippen molar-refractivity contribution in [3.8, 4) is 0 Å². The Kier molecular flexibility index (Phi) is 6.22. The Morgan fingerprint density at radius 3 is 1.93 bits per heavy atom. The average molecular weight is 389 g/mol. The van der Waals surface area contributed by atoms with Crippen molar-refractivity contribution in [1.29, 1.82) is 0 Å². The van der Waals surface area contributed by atoms with Crippen LogP contribution in [0.5, 0.6) is 0 Å². The topological polar surface area (TPSA) is 78.0 Å². The number of benzene rings is 2. The lowest BCUT2D eigenvalue weighted by molar-refractivity contribution is -0.129. The molecule has 0 saturated heterocycles. The molecule has 0 unspecified atom stereocenters. The molecule has 0 heterocycles. The van der Waals surface area contributed by atoms with Gasteiger partial charge in [0.05, 0.1) is 17.1 Å². The molecule has 0 N–H and O–H groups in total. The number of anilines is 1. The van der Waals surface area contributed by atoms with Gasteiger partial charge in [0, 0.05) is 33.8 Å². The summed E-state index contributed by atoms with van der Waals surface area (Å²) in [6.45, 7) is -0.0529. The van der Waals surface area contributed by atoms with Crippen molar-refractivity contribution in [2.24, 2.45) is 0 Å². The number of carbonyl (C=O) groups is 2. The fourth-order valence-corrected chi connectivity index (χ4v) is 3.54. The van der Waals surface area contributed by atoms with Crippen LogP contribution in [0.25, 0.3) is 0 Å². The van der Waals surface area contributed by atoms with Gasteiger partial charge >= 0.3 is 0 Å². The average Bonchev–Trinajstić information content (AvgIpc) is 2.67. The summed E-state index contributed by atoms with van der Waals surface area (Å²) in [6.07, 6.45) is 0. The summed E-state index contributed by atoms with van der Waals surface area (Å²) in [4.78, 5) is 26.9. The number of likely N-dealkylation sites (N-methyl/N-ethyl adjacent to an activating group) is 2. The van der Waals surface area contributed by atoms with Crippen LogP contribution in [0.15, 0.2) is 59.5 Å². The van der Waals surface area contributed by atoms with Gasteiger partial charge in [0.25, 0.3) is 15.9 Å². The van der Waals surface area contributed by atoms with Gasteiger partial charge < -0.3 is 9.80 Å². The van der Waals surface area contributed by atoms with Gasteiger partial charge in [-0.25, -0.2) is 8.42 Å². The van der Waals surface area contributed by atoms with Crippen LogP contribution in [0, 0.1) is 0 Å². The van der Waals surface area contributed by atoms with Crippen molar-refractivity contribution in [2.45, 2.75) is 4.90 Å². The molecule has 0 radical (unpaired) electrons. The minimum atomic E-state index is -3.74. The van der Waals surface area contributed by atoms with Gasteiger partial charge in [0.15, 0.2) is 0 Å². The summed E-state index contributed by atoms with van der Waals surface area (Å²) >= 11 is 0. The predicted octanol–water partition coefficient (Wildman–Crippen LogP) is 1.67. The third-order valence-electron chi connectivity index (χ3n) is 4.10. The lowest BCUT2D eigenvalue weighted by Crippen LogP contribution is -2.37. The fourth-order valence-electron chi connectivity index (χ4n) is 2.34. The van der Waals surface area contributed by atoms with Crippen LogP contribution in [0.4, 0.5) is 5.69 Å². The molecule has 0 spiro atoms. The largest absolute Gasteiger partial charge is 0.347 e. The summed E-state index contributed by atoms with van der Waals surface area (Å²) in [5.41, 5.74) is 0.852. The van der Waals surface area contributed by atoms with E-state index in [1.54, 1.807) is 38.4 Å². The van der Waals surface area contributed by atoms with E-state index in [0.29, 0.717) is 11.3 Å². The normalized spacial score (nSPS) is 11.0. The summed E-state index contributed by atoms with van der Waals surface area (Å²) in [7, 11) is 2.49. The number of carbonyl (C=O) groups excluding carboxylic acids is 2. The maximum atomic E-state index is 12.7. The van der Waals surface area contributed by atoms with E-state index in [1.165, 1.54) is 52.5 Å². The third-order valence-corrected chi connectivity index (χ3v) is 5.90. The molecule has 2 rings (SSSR count). The van der Waals surface area contributed by atoms with Crippen molar-refractivity contribution >= 4 is 27.5 Å². The molecule has 8 heteroatoms. The summed E-state index contributed by atoms with van der Waals surface area (Å²) in [5, 5.41) is 0. The monoisotopic (exact) mass is 389 g/mol. The van der Waals surface area contributed by atoms with Crippen molar-refractivity contribution in [2.75, 3.05) is 39.0 Å². The molecule has 0 atom stereocenters. The summed E-state index contributed by atoms with van der Waals surface area (Å²) < 4.78 is 26.7. The molecule has 144 valence electrons. The first kappa shape index (κ1) is 20.4. The highest BCUT2D eigenvalue weighted by atomic mass is 32.2. The number of hydrogen-bond acceptors (Lipinski definition) is 4. The Hall–Kier alpha value is -2.87. The summed E-state index contributed by atoms with van der Waals surface area (Å²) in [6, 6.07) is 14.4. The highest BCUT2D eigenvalue weighted by molar-refractivity contribution is 7.92. The first-order chi connectivity index (χ1) is 12.6. The van der Waals surface area contributed by atoms with Gasteiger partial charge in [-0.3, -0.25) is 13.9 Å². The standard InChI is InChI=1S/C19H23N3O4S/c1-20(2)18(23)14-21(3)19(24)15-10-12-17(13-11-15)27(25,26)22(4)16-8-6-5-7-9-16/h5-13H,14H2,1-4H3. The van der Waals surface area contributed by atoms with Gasteiger partial charge in [-0.2, -0.15) is 0 Å². The van der Waals surface area contributed by atoms with Crippen molar-refractivity contribution in [3.63, 3.8) is 0 Å². The Balaban J connectivity index is 2.19. The first-order valence-corrected chi connectivity index (χ1v) is 9.68. The molecule has 0 fully saturated rings. The van der Waals surface area contributed by atoms with E-state index in [1.807, 2.05) is 6.07 Å². The van der Waals surface area contributed by atoms with E-state index in [2.05, 4.69) is 0 Å². The van der Waals surface area contributed by atoms with Gasteiger partial charge in [0.1, 0.15) is 0 Å². The Bertz CT molecular complexity index is 910. The highest BCUT2D eigenvalue weighted by Gasteiger charge is 2.22. The SMILES string of the molecule is CN(C)C(=O)CN(C)C(=O)c1ccc(S(=O)(=O)N(C)c2ccccc2)cc1.